The number of carbonyl (C=O) groups excluding carboxylic acids is 1. The number of hydrogen-bond acceptors (Lipinski definition) is 4. The summed E-state index contributed by atoms with van der Waals surface area (Å²) in [5.74, 6) is 1.51. The molecule has 1 atom stereocenters. The highest BCUT2D eigenvalue weighted by Crippen LogP contribution is 2.39. The van der Waals surface area contributed by atoms with Gasteiger partial charge in [0.2, 0.25) is 6.10 Å². The number of ether oxygens (including phenoxy) is 3. The molecule has 1 saturated carbocycles. The number of halogens is 1. The summed E-state index contributed by atoms with van der Waals surface area (Å²) >= 11 is 5.92. The van der Waals surface area contributed by atoms with E-state index in [4.69, 9.17) is 25.8 Å². The van der Waals surface area contributed by atoms with Gasteiger partial charge in [-0.15, -0.1) is 0 Å². The fraction of sp³-hybridized carbons (Fsp3) is 0.321. The Kier molecular flexibility index (Phi) is 7.24. The highest BCUT2D eigenvalue weighted by Gasteiger charge is 2.29. The molecule has 4 rings (SSSR count). The van der Waals surface area contributed by atoms with Crippen LogP contribution in [-0.2, 0) is 14.9 Å². The van der Waals surface area contributed by atoms with E-state index < -0.39 is 12.1 Å². The zero-order valence-electron chi connectivity index (χ0n) is 19.1. The molecule has 0 bridgehead atoms. The molecular formula is C28H29ClO4. The van der Waals surface area contributed by atoms with Crippen LogP contribution in [0.5, 0.6) is 17.2 Å². The van der Waals surface area contributed by atoms with E-state index in [0.29, 0.717) is 27.8 Å². The molecule has 0 aliphatic heterocycles. The summed E-state index contributed by atoms with van der Waals surface area (Å²) in [6.07, 6.45) is 5.43. The van der Waals surface area contributed by atoms with Crippen LogP contribution >= 0.6 is 11.6 Å². The van der Waals surface area contributed by atoms with Gasteiger partial charge in [0, 0.05) is 10.6 Å². The van der Waals surface area contributed by atoms with Crippen LogP contribution in [-0.4, -0.2) is 13.1 Å². The number of esters is 1. The smallest absolute Gasteiger partial charge is 0.351 e. The van der Waals surface area contributed by atoms with Crippen LogP contribution < -0.4 is 9.47 Å². The number of hydrogen-bond donors (Lipinski definition) is 0. The minimum absolute atomic E-state index is 0.221. The van der Waals surface area contributed by atoms with Gasteiger partial charge in [-0.05, 0) is 72.4 Å². The maximum absolute atomic E-state index is 12.5. The highest BCUT2D eigenvalue weighted by molar-refractivity contribution is 6.30. The Labute approximate surface area is 200 Å². The van der Waals surface area contributed by atoms with E-state index in [-0.39, 0.29) is 5.41 Å². The standard InChI is InChI=1S/C28H29ClO4/c1-28(18-4-3-5-19-28)21-8-14-25(15-9-21)33-26(27(30)31-2)20-6-12-23(13-7-20)32-24-16-10-22(29)11-17-24/h6-17,26H,3-5,18-19H2,1-2H3. The molecule has 1 aliphatic rings. The topological polar surface area (TPSA) is 44.8 Å². The van der Waals surface area contributed by atoms with Crippen molar-refractivity contribution in [3.63, 3.8) is 0 Å². The first kappa shape index (κ1) is 23.2. The Morgan fingerprint density at radius 3 is 1.94 bits per heavy atom. The van der Waals surface area contributed by atoms with Crippen LogP contribution in [0, 0.1) is 0 Å². The average molecular weight is 465 g/mol. The molecule has 0 spiro atoms. The molecule has 1 unspecified atom stereocenters. The summed E-state index contributed by atoms with van der Waals surface area (Å²) < 4.78 is 16.9. The Balaban J connectivity index is 1.48. The second-order valence-corrected chi connectivity index (χ2v) is 9.23. The average Bonchev–Trinajstić information content (AvgIpc) is 2.85. The Morgan fingerprint density at radius 1 is 0.818 bits per heavy atom. The van der Waals surface area contributed by atoms with Crippen molar-refractivity contribution in [3.8, 4) is 17.2 Å². The summed E-state index contributed by atoms with van der Waals surface area (Å²) in [5.41, 5.74) is 2.24. The van der Waals surface area contributed by atoms with Gasteiger partial charge in [0.15, 0.2) is 0 Å². The van der Waals surface area contributed by atoms with Gasteiger partial charge in [-0.1, -0.05) is 62.1 Å². The molecule has 172 valence electrons. The first-order valence-electron chi connectivity index (χ1n) is 11.4. The summed E-state index contributed by atoms with van der Waals surface area (Å²) in [6, 6.07) is 22.5. The summed E-state index contributed by atoms with van der Waals surface area (Å²) in [6.45, 7) is 2.34. The third-order valence-electron chi connectivity index (χ3n) is 6.41. The molecule has 1 fully saturated rings. The van der Waals surface area contributed by atoms with Crippen LogP contribution in [0.4, 0.5) is 0 Å². The fourth-order valence-corrected chi connectivity index (χ4v) is 4.53. The van der Waals surface area contributed by atoms with E-state index in [2.05, 4.69) is 19.1 Å². The van der Waals surface area contributed by atoms with Gasteiger partial charge in [0.05, 0.1) is 7.11 Å². The molecule has 0 radical (unpaired) electrons. The fourth-order valence-electron chi connectivity index (χ4n) is 4.40. The van der Waals surface area contributed by atoms with Crippen molar-refractivity contribution in [2.75, 3.05) is 7.11 Å². The van der Waals surface area contributed by atoms with Crippen molar-refractivity contribution in [3.05, 3.63) is 88.9 Å². The van der Waals surface area contributed by atoms with E-state index in [1.165, 1.54) is 44.8 Å². The molecule has 1 aliphatic carbocycles. The van der Waals surface area contributed by atoms with Crippen molar-refractivity contribution in [2.45, 2.75) is 50.5 Å². The lowest BCUT2D eigenvalue weighted by molar-refractivity contribution is -0.149. The van der Waals surface area contributed by atoms with E-state index in [0.717, 1.165) is 0 Å². The van der Waals surface area contributed by atoms with Gasteiger partial charge in [0.1, 0.15) is 17.2 Å². The van der Waals surface area contributed by atoms with Crippen molar-refractivity contribution in [2.24, 2.45) is 0 Å². The second kappa shape index (κ2) is 10.3. The van der Waals surface area contributed by atoms with Crippen molar-refractivity contribution < 1.29 is 19.0 Å². The van der Waals surface area contributed by atoms with Crippen LogP contribution in [0.2, 0.25) is 5.02 Å². The minimum Gasteiger partial charge on any atom is -0.474 e. The molecular weight excluding hydrogens is 436 g/mol. The normalized spacial score (nSPS) is 16.0. The lowest BCUT2D eigenvalue weighted by Crippen LogP contribution is -2.25. The molecule has 5 heteroatoms. The van der Waals surface area contributed by atoms with Crippen molar-refractivity contribution in [1.29, 1.82) is 0 Å². The predicted octanol–water partition coefficient (Wildman–Crippen LogP) is 7.65. The second-order valence-electron chi connectivity index (χ2n) is 8.79. The Morgan fingerprint density at radius 2 is 1.36 bits per heavy atom. The summed E-state index contributed by atoms with van der Waals surface area (Å²) in [4.78, 5) is 12.5. The van der Waals surface area contributed by atoms with Crippen molar-refractivity contribution in [1.82, 2.24) is 0 Å². The lowest BCUT2D eigenvalue weighted by Gasteiger charge is -2.34. The zero-order valence-corrected chi connectivity index (χ0v) is 19.8. The van der Waals surface area contributed by atoms with E-state index in [9.17, 15) is 4.79 Å². The largest absolute Gasteiger partial charge is 0.474 e. The Bertz CT molecular complexity index is 1050. The van der Waals surface area contributed by atoms with Crippen LogP contribution in [0.25, 0.3) is 0 Å². The quantitative estimate of drug-likeness (QED) is 0.337. The number of benzene rings is 3. The minimum atomic E-state index is -0.865. The first-order chi connectivity index (χ1) is 16.0. The lowest BCUT2D eigenvalue weighted by atomic mass is 9.71. The molecule has 0 aromatic heterocycles. The molecule has 4 nitrogen and oxygen atoms in total. The Hall–Kier alpha value is -2.98. The highest BCUT2D eigenvalue weighted by atomic mass is 35.5. The van der Waals surface area contributed by atoms with Gasteiger partial charge in [-0.25, -0.2) is 4.79 Å². The first-order valence-corrected chi connectivity index (χ1v) is 11.7. The van der Waals surface area contributed by atoms with Crippen molar-refractivity contribution >= 4 is 17.6 Å². The predicted molar refractivity (Wildman–Crippen MR) is 130 cm³/mol. The third kappa shape index (κ3) is 5.69. The maximum atomic E-state index is 12.5. The summed E-state index contributed by atoms with van der Waals surface area (Å²) in [7, 11) is 1.36. The van der Waals surface area contributed by atoms with E-state index >= 15 is 0 Å². The van der Waals surface area contributed by atoms with Gasteiger partial charge < -0.3 is 14.2 Å². The monoisotopic (exact) mass is 464 g/mol. The number of rotatable bonds is 7. The molecule has 33 heavy (non-hydrogen) atoms. The van der Waals surface area contributed by atoms with Crippen LogP contribution in [0.1, 0.15) is 56.3 Å². The molecule has 0 saturated heterocycles. The third-order valence-corrected chi connectivity index (χ3v) is 6.66. The van der Waals surface area contributed by atoms with Gasteiger partial charge >= 0.3 is 5.97 Å². The van der Waals surface area contributed by atoms with Crippen LogP contribution in [0.3, 0.4) is 0 Å². The van der Waals surface area contributed by atoms with Gasteiger partial charge in [-0.2, -0.15) is 0 Å². The molecule has 3 aromatic rings. The molecule has 0 N–H and O–H groups in total. The molecule has 3 aromatic carbocycles. The molecule has 0 amide bonds. The SMILES string of the molecule is COC(=O)C(Oc1ccc(C2(C)CCCCC2)cc1)c1ccc(Oc2ccc(Cl)cc2)cc1. The zero-order chi connectivity index (χ0) is 23.3. The summed E-state index contributed by atoms with van der Waals surface area (Å²) in [5, 5.41) is 0.650. The van der Waals surface area contributed by atoms with E-state index in [1.807, 2.05) is 24.3 Å². The van der Waals surface area contributed by atoms with E-state index in [1.54, 1.807) is 36.4 Å². The number of methoxy groups -OCH3 is 1. The molecule has 0 heterocycles. The van der Waals surface area contributed by atoms with Gasteiger partial charge in [0.25, 0.3) is 0 Å². The number of carbonyl (C=O) groups is 1. The van der Waals surface area contributed by atoms with Gasteiger partial charge in [-0.3, -0.25) is 0 Å². The maximum Gasteiger partial charge on any atom is 0.351 e. The van der Waals surface area contributed by atoms with Crippen LogP contribution in [0.15, 0.2) is 72.8 Å².